The fourth-order valence-corrected chi connectivity index (χ4v) is 1.58. The second-order valence-corrected chi connectivity index (χ2v) is 3.99. The number of ether oxygens (including phenoxy) is 1. The van der Waals surface area contributed by atoms with E-state index in [4.69, 9.17) is 10.5 Å². The van der Waals surface area contributed by atoms with Gasteiger partial charge < -0.3 is 15.8 Å². The maximum atomic E-state index is 5.84. The zero-order chi connectivity index (χ0) is 13.0. The molecule has 94 valence electrons. The van der Waals surface area contributed by atoms with Crippen LogP contribution in [0.25, 0.3) is 0 Å². The lowest BCUT2D eigenvalue weighted by atomic mass is 10.2. The number of nitrogens with two attached hydrogens (primary N) is 1. The molecule has 2 rings (SSSR count). The third-order valence-corrected chi connectivity index (χ3v) is 2.57. The van der Waals surface area contributed by atoms with Gasteiger partial charge in [-0.2, -0.15) is 5.10 Å². The summed E-state index contributed by atoms with van der Waals surface area (Å²) in [7, 11) is 1.60. The van der Waals surface area contributed by atoms with Crippen molar-refractivity contribution in [2.75, 3.05) is 18.2 Å². The molecule has 0 unspecified atom stereocenters. The highest BCUT2D eigenvalue weighted by atomic mass is 16.5. The third kappa shape index (κ3) is 2.88. The van der Waals surface area contributed by atoms with Crippen LogP contribution >= 0.6 is 0 Å². The highest BCUT2D eigenvalue weighted by molar-refractivity contribution is 5.54. The zero-order valence-corrected chi connectivity index (χ0v) is 10.5. The van der Waals surface area contributed by atoms with Crippen molar-refractivity contribution in [3.8, 4) is 5.75 Å². The van der Waals surface area contributed by atoms with Gasteiger partial charge in [-0.1, -0.05) is 6.07 Å². The molecular formula is C13H16N4O. The van der Waals surface area contributed by atoms with E-state index in [-0.39, 0.29) is 0 Å². The predicted octanol–water partition coefficient (Wildman–Crippen LogP) is 1.99. The standard InChI is InChI=1S/C13H16N4O/c1-9-3-6-13(17-16-9)15-8-10-4-5-12(18-2)11(14)7-10/h3-7H,8,14H2,1-2H3,(H,15,17). The van der Waals surface area contributed by atoms with Crippen molar-refractivity contribution in [1.29, 1.82) is 0 Å². The number of hydrogen-bond acceptors (Lipinski definition) is 5. The first-order valence-corrected chi connectivity index (χ1v) is 5.65. The van der Waals surface area contributed by atoms with Crippen LogP contribution < -0.4 is 15.8 Å². The molecule has 0 amide bonds. The maximum absolute atomic E-state index is 5.84. The summed E-state index contributed by atoms with van der Waals surface area (Å²) in [6.45, 7) is 2.55. The van der Waals surface area contributed by atoms with Crippen molar-refractivity contribution >= 4 is 11.5 Å². The molecule has 0 aliphatic carbocycles. The number of hydrogen-bond donors (Lipinski definition) is 2. The molecule has 0 bridgehead atoms. The number of aromatic nitrogens is 2. The molecule has 3 N–H and O–H groups in total. The lowest BCUT2D eigenvalue weighted by Gasteiger charge is -2.08. The van der Waals surface area contributed by atoms with E-state index < -0.39 is 0 Å². The summed E-state index contributed by atoms with van der Waals surface area (Å²) < 4.78 is 5.11. The molecule has 0 fully saturated rings. The van der Waals surface area contributed by atoms with E-state index in [1.165, 1.54) is 0 Å². The van der Waals surface area contributed by atoms with Crippen LogP contribution in [0.4, 0.5) is 11.5 Å². The second kappa shape index (κ2) is 5.35. The van der Waals surface area contributed by atoms with Crippen LogP contribution in [0.3, 0.4) is 0 Å². The zero-order valence-electron chi connectivity index (χ0n) is 10.5. The van der Waals surface area contributed by atoms with Gasteiger partial charge in [0.2, 0.25) is 0 Å². The Morgan fingerprint density at radius 3 is 2.67 bits per heavy atom. The molecule has 0 saturated carbocycles. The minimum atomic E-state index is 0.631. The second-order valence-electron chi connectivity index (χ2n) is 3.99. The number of aryl methyl sites for hydroxylation is 1. The molecule has 1 aromatic carbocycles. The minimum absolute atomic E-state index is 0.631. The van der Waals surface area contributed by atoms with Gasteiger partial charge in [-0.25, -0.2) is 0 Å². The Labute approximate surface area is 106 Å². The summed E-state index contributed by atoms with van der Waals surface area (Å²) in [6.07, 6.45) is 0. The molecule has 0 atom stereocenters. The molecule has 1 aromatic heterocycles. The molecule has 0 saturated heterocycles. The van der Waals surface area contributed by atoms with Gasteiger partial charge in [0.1, 0.15) is 11.6 Å². The van der Waals surface area contributed by atoms with Gasteiger partial charge in [0.25, 0.3) is 0 Å². The first kappa shape index (κ1) is 12.2. The SMILES string of the molecule is COc1ccc(CNc2ccc(C)nn2)cc1N. The van der Waals surface area contributed by atoms with Crippen LogP contribution in [0.15, 0.2) is 30.3 Å². The molecule has 0 aliphatic rings. The van der Waals surface area contributed by atoms with E-state index in [1.54, 1.807) is 7.11 Å². The summed E-state index contributed by atoms with van der Waals surface area (Å²) in [5.41, 5.74) is 8.43. The molecule has 5 heteroatoms. The average molecular weight is 244 g/mol. The lowest BCUT2D eigenvalue weighted by molar-refractivity contribution is 0.417. The molecule has 18 heavy (non-hydrogen) atoms. The van der Waals surface area contributed by atoms with Crippen LogP contribution in [0.2, 0.25) is 0 Å². The highest BCUT2D eigenvalue weighted by Crippen LogP contribution is 2.22. The van der Waals surface area contributed by atoms with Gasteiger partial charge in [-0.15, -0.1) is 5.10 Å². The number of nitrogens with zero attached hydrogens (tertiary/aromatic N) is 2. The minimum Gasteiger partial charge on any atom is -0.495 e. The lowest BCUT2D eigenvalue weighted by Crippen LogP contribution is -2.03. The van der Waals surface area contributed by atoms with Crippen molar-refractivity contribution in [2.45, 2.75) is 13.5 Å². The Morgan fingerprint density at radius 1 is 1.22 bits per heavy atom. The van der Waals surface area contributed by atoms with Crippen LogP contribution in [0.5, 0.6) is 5.75 Å². The fourth-order valence-electron chi connectivity index (χ4n) is 1.58. The summed E-state index contributed by atoms with van der Waals surface area (Å²) in [6, 6.07) is 9.51. The smallest absolute Gasteiger partial charge is 0.148 e. The predicted molar refractivity (Wildman–Crippen MR) is 71.5 cm³/mol. The Bertz CT molecular complexity index is 525. The largest absolute Gasteiger partial charge is 0.495 e. The van der Waals surface area contributed by atoms with E-state index >= 15 is 0 Å². The number of nitrogen functional groups attached to an aromatic ring is 1. The number of benzene rings is 1. The van der Waals surface area contributed by atoms with Gasteiger partial charge >= 0.3 is 0 Å². The summed E-state index contributed by atoms with van der Waals surface area (Å²) in [5, 5.41) is 11.2. The van der Waals surface area contributed by atoms with Crippen LogP contribution in [0.1, 0.15) is 11.3 Å². The van der Waals surface area contributed by atoms with Crippen molar-refractivity contribution in [1.82, 2.24) is 10.2 Å². The number of rotatable bonds is 4. The molecular weight excluding hydrogens is 228 g/mol. The van der Waals surface area contributed by atoms with E-state index in [1.807, 2.05) is 37.3 Å². The topological polar surface area (TPSA) is 73.1 Å². The van der Waals surface area contributed by atoms with E-state index in [0.29, 0.717) is 18.0 Å². The first-order chi connectivity index (χ1) is 8.69. The van der Waals surface area contributed by atoms with Crippen molar-refractivity contribution in [3.63, 3.8) is 0 Å². The van der Waals surface area contributed by atoms with Gasteiger partial charge in [0.05, 0.1) is 18.5 Å². The average Bonchev–Trinajstić information content (AvgIpc) is 2.38. The molecule has 0 aliphatic heterocycles. The highest BCUT2D eigenvalue weighted by Gasteiger charge is 2.01. The fraction of sp³-hybridized carbons (Fsp3) is 0.231. The maximum Gasteiger partial charge on any atom is 0.148 e. The summed E-state index contributed by atoms with van der Waals surface area (Å²) in [4.78, 5) is 0. The normalized spacial score (nSPS) is 10.1. The van der Waals surface area contributed by atoms with Crippen LogP contribution in [-0.2, 0) is 6.54 Å². The Morgan fingerprint density at radius 2 is 2.06 bits per heavy atom. The van der Waals surface area contributed by atoms with Gasteiger partial charge in [-0.3, -0.25) is 0 Å². The van der Waals surface area contributed by atoms with Gasteiger partial charge in [0, 0.05) is 6.54 Å². The van der Waals surface area contributed by atoms with E-state index in [0.717, 1.165) is 17.1 Å². The van der Waals surface area contributed by atoms with Crippen molar-refractivity contribution < 1.29 is 4.74 Å². The van der Waals surface area contributed by atoms with Gasteiger partial charge in [0.15, 0.2) is 0 Å². The summed E-state index contributed by atoms with van der Waals surface area (Å²) >= 11 is 0. The number of methoxy groups -OCH3 is 1. The molecule has 1 heterocycles. The number of nitrogens with one attached hydrogen (secondary N) is 1. The Hall–Kier alpha value is -2.30. The molecule has 0 spiro atoms. The van der Waals surface area contributed by atoms with Crippen molar-refractivity contribution in [3.05, 3.63) is 41.6 Å². The monoisotopic (exact) mass is 244 g/mol. The first-order valence-electron chi connectivity index (χ1n) is 5.65. The number of anilines is 2. The van der Waals surface area contributed by atoms with E-state index in [2.05, 4.69) is 15.5 Å². The molecule has 0 radical (unpaired) electrons. The van der Waals surface area contributed by atoms with Crippen LogP contribution in [0, 0.1) is 6.92 Å². The van der Waals surface area contributed by atoms with E-state index in [9.17, 15) is 0 Å². The quantitative estimate of drug-likeness (QED) is 0.805. The third-order valence-electron chi connectivity index (χ3n) is 2.57. The molecule has 5 nitrogen and oxygen atoms in total. The van der Waals surface area contributed by atoms with Crippen LogP contribution in [-0.4, -0.2) is 17.3 Å². The molecule has 2 aromatic rings. The van der Waals surface area contributed by atoms with Gasteiger partial charge in [-0.05, 0) is 36.8 Å². The summed E-state index contributed by atoms with van der Waals surface area (Å²) in [5.74, 6) is 1.43. The Balaban J connectivity index is 2.02. The van der Waals surface area contributed by atoms with Crippen molar-refractivity contribution in [2.24, 2.45) is 0 Å². The Kier molecular flexibility index (Phi) is 3.62.